The summed E-state index contributed by atoms with van der Waals surface area (Å²) in [7, 11) is 1.34. The number of hydrogen-bond donors (Lipinski definition) is 3. The molecule has 1 fully saturated rings. The van der Waals surface area contributed by atoms with E-state index in [1.54, 1.807) is 14.2 Å². The molecular weight excluding hydrogens is 455 g/mol. The lowest BCUT2D eigenvalue weighted by Crippen LogP contribution is -2.37. The molecule has 0 saturated carbocycles. The first-order chi connectivity index (χ1) is 16.6. The van der Waals surface area contributed by atoms with E-state index < -0.39 is 8.38 Å². The number of methoxy groups -OCH3 is 2. The minimum atomic E-state index is -1.94. The number of morpholine rings is 1. The van der Waals surface area contributed by atoms with Crippen molar-refractivity contribution in [3.8, 4) is 11.5 Å². The lowest BCUT2D eigenvalue weighted by molar-refractivity contribution is 0.122. The molecule has 5 rings (SSSR count). The van der Waals surface area contributed by atoms with E-state index in [0.29, 0.717) is 37.9 Å². The van der Waals surface area contributed by atoms with Gasteiger partial charge in [0.1, 0.15) is 5.69 Å². The van der Waals surface area contributed by atoms with Crippen molar-refractivity contribution in [3.63, 3.8) is 0 Å². The summed E-state index contributed by atoms with van der Waals surface area (Å²) in [6.07, 6.45) is 0.282. The van der Waals surface area contributed by atoms with E-state index in [1.807, 2.05) is 36.4 Å². The van der Waals surface area contributed by atoms with Crippen LogP contribution in [0.25, 0.3) is 10.9 Å². The SMILES string of the molecule is COc1cc2nc(N3CCOCC3)c3c(c2cc1OC)N(Cc1ccc(CP(O)O)cc1)CN3. The van der Waals surface area contributed by atoms with E-state index in [9.17, 15) is 9.79 Å². The molecule has 1 saturated heterocycles. The van der Waals surface area contributed by atoms with Gasteiger partial charge in [-0.05, 0) is 17.2 Å². The molecule has 9 nitrogen and oxygen atoms in total. The van der Waals surface area contributed by atoms with Crippen molar-refractivity contribution < 1.29 is 24.0 Å². The van der Waals surface area contributed by atoms with Crippen molar-refractivity contribution in [1.82, 2.24) is 4.98 Å². The molecule has 2 aliphatic heterocycles. The third-order valence-electron chi connectivity index (χ3n) is 6.24. The van der Waals surface area contributed by atoms with Gasteiger partial charge < -0.3 is 39.1 Å². The molecule has 3 aromatic rings. The zero-order valence-corrected chi connectivity index (χ0v) is 20.2. The summed E-state index contributed by atoms with van der Waals surface area (Å²) in [5.74, 6) is 2.24. The monoisotopic (exact) mass is 484 g/mol. The fourth-order valence-corrected chi connectivity index (χ4v) is 5.12. The Balaban J connectivity index is 1.56. The second-order valence-corrected chi connectivity index (χ2v) is 9.42. The van der Waals surface area contributed by atoms with Crippen molar-refractivity contribution in [1.29, 1.82) is 0 Å². The molecule has 34 heavy (non-hydrogen) atoms. The summed E-state index contributed by atoms with van der Waals surface area (Å²) in [5.41, 5.74) is 5.01. The van der Waals surface area contributed by atoms with Gasteiger partial charge in [-0.1, -0.05) is 24.3 Å². The molecule has 0 spiro atoms. The van der Waals surface area contributed by atoms with Gasteiger partial charge in [0.25, 0.3) is 0 Å². The van der Waals surface area contributed by atoms with Crippen LogP contribution in [-0.2, 0) is 17.4 Å². The number of aromatic nitrogens is 1. The average Bonchev–Trinajstić information content (AvgIpc) is 3.28. The summed E-state index contributed by atoms with van der Waals surface area (Å²) < 4.78 is 16.7. The molecule has 0 bridgehead atoms. The Morgan fingerprint density at radius 3 is 2.38 bits per heavy atom. The highest BCUT2D eigenvalue weighted by Crippen LogP contribution is 2.47. The van der Waals surface area contributed by atoms with Crippen LogP contribution in [0.15, 0.2) is 36.4 Å². The average molecular weight is 484 g/mol. The number of nitrogens with one attached hydrogen (secondary N) is 1. The standard InChI is InChI=1S/C24H29N4O5P/c1-31-20-11-18-19(12-21(20)32-2)26-24(27-7-9-33-10-8-27)22-23(18)28(15-25-22)13-16-3-5-17(6-4-16)14-34(29)30/h3-6,11-12,25,29-30H,7-10,13-15H2,1-2H3. The molecule has 0 aliphatic carbocycles. The van der Waals surface area contributed by atoms with Gasteiger partial charge >= 0.3 is 0 Å². The molecule has 3 N–H and O–H groups in total. The largest absolute Gasteiger partial charge is 0.493 e. The summed E-state index contributed by atoms with van der Waals surface area (Å²) in [6.45, 7) is 4.30. The first-order valence-corrected chi connectivity index (χ1v) is 12.6. The number of pyridine rings is 1. The number of ether oxygens (including phenoxy) is 3. The van der Waals surface area contributed by atoms with Crippen LogP contribution in [0, 0.1) is 0 Å². The normalized spacial score (nSPS) is 15.6. The van der Waals surface area contributed by atoms with Crippen LogP contribution >= 0.6 is 8.38 Å². The Labute approximate surface area is 199 Å². The van der Waals surface area contributed by atoms with Crippen LogP contribution in [-0.4, -0.2) is 62.0 Å². The van der Waals surface area contributed by atoms with Crippen molar-refractivity contribution in [2.75, 3.05) is 62.3 Å². The van der Waals surface area contributed by atoms with Gasteiger partial charge in [0.15, 0.2) is 25.7 Å². The maximum atomic E-state index is 9.30. The smallest absolute Gasteiger partial charge is 0.169 e. The first-order valence-electron chi connectivity index (χ1n) is 11.2. The number of rotatable bonds is 7. The van der Waals surface area contributed by atoms with Crippen molar-refractivity contribution in [2.45, 2.75) is 12.7 Å². The molecule has 0 atom stereocenters. The third-order valence-corrected chi connectivity index (χ3v) is 6.89. The van der Waals surface area contributed by atoms with Crippen LogP contribution in [0.2, 0.25) is 0 Å². The number of nitrogens with zero attached hydrogens (tertiary/aromatic N) is 3. The molecule has 2 aromatic carbocycles. The second kappa shape index (κ2) is 9.80. The van der Waals surface area contributed by atoms with Gasteiger partial charge in [-0.2, -0.15) is 0 Å². The van der Waals surface area contributed by atoms with Crippen molar-refractivity contribution in [2.24, 2.45) is 0 Å². The minimum absolute atomic E-state index is 0.282. The number of fused-ring (bicyclic) bond motifs is 3. The van der Waals surface area contributed by atoms with Crippen LogP contribution in [0.3, 0.4) is 0 Å². The van der Waals surface area contributed by atoms with E-state index in [2.05, 4.69) is 15.1 Å². The fourth-order valence-electron chi connectivity index (χ4n) is 4.58. The minimum Gasteiger partial charge on any atom is -0.493 e. The summed E-state index contributed by atoms with van der Waals surface area (Å²) in [4.78, 5) is 28.2. The molecule has 3 heterocycles. The topological polar surface area (TPSA) is 99.6 Å². The number of hydrogen-bond acceptors (Lipinski definition) is 9. The van der Waals surface area contributed by atoms with Gasteiger partial charge in [-0.25, -0.2) is 4.98 Å². The van der Waals surface area contributed by atoms with Crippen molar-refractivity contribution >= 4 is 36.5 Å². The van der Waals surface area contributed by atoms with Gasteiger partial charge in [0.2, 0.25) is 0 Å². The van der Waals surface area contributed by atoms with Gasteiger partial charge in [-0.15, -0.1) is 0 Å². The predicted octanol–water partition coefficient (Wildman–Crippen LogP) is 3.27. The Morgan fingerprint density at radius 1 is 1.03 bits per heavy atom. The summed E-state index contributed by atoms with van der Waals surface area (Å²) in [6, 6.07) is 11.9. The van der Waals surface area contributed by atoms with Crippen LogP contribution in [0.4, 0.5) is 17.2 Å². The summed E-state index contributed by atoms with van der Waals surface area (Å²) in [5, 5.41) is 4.58. The van der Waals surface area contributed by atoms with E-state index in [0.717, 1.165) is 52.3 Å². The summed E-state index contributed by atoms with van der Waals surface area (Å²) >= 11 is 0. The fraction of sp³-hybridized carbons (Fsp3) is 0.375. The highest BCUT2D eigenvalue weighted by molar-refractivity contribution is 7.44. The zero-order chi connectivity index (χ0) is 23.7. The molecule has 0 radical (unpaired) electrons. The Morgan fingerprint density at radius 2 is 1.71 bits per heavy atom. The second-order valence-electron chi connectivity index (χ2n) is 8.36. The van der Waals surface area contributed by atoms with Gasteiger partial charge in [0, 0.05) is 37.2 Å². The lowest BCUT2D eigenvalue weighted by atomic mass is 10.1. The third kappa shape index (κ3) is 4.44. The van der Waals surface area contributed by atoms with Crippen LogP contribution in [0.1, 0.15) is 11.1 Å². The Bertz CT molecular complexity index is 1170. The first kappa shape index (κ1) is 22.9. The van der Waals surface area contributed by atoms with Crippen LogP contribution < -0.4 is 24.6 Å². The van der Waals surface area contributed by atoms with Gasteiger partial charge in [-0.3, -0.25) is 0 Å². The van der Waals surface area contributed by atoms with E-state index in [1.165, 1.54) is 0 Å². The van der Waals surface area contributed by atoms with E-state index in [-0.39, 0.29) is 6.16 Å². The highest BCUT2D eigenvalue weighted by atomic mass is 31.2. The molecule has 2 aliphatic rings. The molecule has 0 amide bonds. The highest BCUT2D eigenvalue weighted by Gasteiger charge is 2.29. The van der Waals surface area contributed by atoms with Crippen LogP contribution in [0.5, 0.6) is 11.5 Å². The quantitative estimate of drug-likeness (QED) is 0.437. The molecule has 0 unspecified atom stereocenters. The molecule has 180 valence electrons. The molecular formula is C24H29N4O5P. The maximum absolute atomic E-state index is 9.30. The van der Waals surface area contributed by atoms with Gasteiger partial charge in [0.05, 0.1) is 45.3 Å². The zero-order valence-electron chi connectivity index (χ0n) is 19.3. The maximum Gasteiger partial charge on any atom is 0.169 e. The lowest BCUT2D eigenvalue weighted by Gasteiger charge is -2.30. The number of benzene rings is 2. The Hall–Kier alpha value is -2.84. The number of anilines is 3. The van der Waals surface area contributed by atoms with E-state index in [4.69, 9.17) is 19.2 Å². The van der Waals surface area contributed by atoms with Crippen molar-refractivity contribution in [3.05, 3.63) is 47.5 Å². The molecule has 1 aromatic heterocycles. The molecule has 10 heteroatoms. The van der Waals surface area contributed by atoms with E-state index >= 15 is 0 Å². The Kier molecular flexibility index (Phi) is 6.61. The predicted molar refractivity (Wildman–Crippen MR) is 134 cm³/mol.